The molecule has 2 atom stereocenters. The van der Waals surface area contributed by atoms with Crippen molar-refractivity contribution < 1.29 is 36.6 Å². The van der Waals surface area contributed by atoms with Crippen LogP contribution >= 0.6 is 0 Å². The lowest BCUT2D eigenvalue weighted by Gasteiger charge is -2.38. The minimum absolute atomic E-state index is 0.0540. The van der Waals surface area contributed by atoms with Gasteiger partial charge >= 0.3 is 19.3 Å². The summed E-state index contributed by atoms with van der Waals surface area (Å²) >= 11 is 0. The van der Waals surface area contributed by atoms with Crippen LogP contribution in [0.15, 0.2) is 107 Å². The smallest absolute Gasteiger partial charge is 0.409 e. The van der Waals surface area contributed by atoms with Crippen LogP contribution in [0.5, 0.6) is 11.5 Å². The van der Waals surface area contributed by atoms with Gasteiger partial charge in [-0.3, -0.25) is 28.3 Å². The third kappa shape index (κ3) is 11.2. The van der Waals surface area contributed by atoms with Crippen molar-refractivity contribution in [1.29, 1.82) is 0 Å². The van der Waals surface area contributed by atoms with Crippen molar-refractivity contribution in [3.05, 3.63) is 141 Å². The van der Waals surface area contributed by atoms with Crippen molar-refractivity contribution in [1.82, 2.24) is 48.9 Å². The number of rotatable bonds is 12. The van der Waals surface area contributed by atoms with Crippen LogP contribution in [0.2, 0.25) is 0 Å². The molecule has 4 aromatic heterocycles. The quantitative estimate of drug-likeness (QED) is 0.119. The Labute approximate surface area is 434 Å². The number of methoxy groups -OCH3 is 1. The third-order valence-corrected chi connectivity index (χ3v) is 13.7. The fourth-order valence-electron chi connectivity index (χ4n) is 9.80. The van der Waals surface area contributed by atoms with Crippen LogP contribution in [-0.4, -0.2) is 121 Å². The monoisotopic (exact) mass is 1050 g/mol. The van der Waals surface area contributed by atoms with E-state index in [-0.39, 0.29) is 47.8 Å². The predicted molar refractivity (Wildman–Crippen MR) is 281 cm³/mol. The van der Waals surface area contributed by atoms with Gasteiger partial charge in [-0.15, -0.1) is 0 Å². The summed E-state index contributed by atoms with van der Waals surface area (Å²) in [5.74, 6) is 1.41. The number of carbonyl (C=O) groups excluding carboxylic acids is 1. The number of ether oxygens (including phenoxy) is 3. The number of hydrogen-bond donors (Lipinski definition) is 1. The molecule has 4 aromatic carbocycles. The van der Waals surface area contributed by atoms with E-state index in [0.717, 1.165) is 53.0 Å². The van der Waals surface area contributed by atoms with Gasteiger partial charge in [0, 0.05) is 112 Å². The molecule has 2 aliphatic rings. The number of benzene rings is 4. The zero-order chi connectivity index (χ0) is 53.9. The summed E-state index contributed by atoms with van der Waals surface area (Å²) in [6.45, 7) is 6.54. The number of aryl methyl sites for hydroxylation is 2. The minimum atomic E-state index is -2.96. The third-order valence-electron chi connectivity index (χ3n) is 13.7. The molecule has 18 nitrogen and oxygen atoms in total. The Hall–Kier alpha value is -8.27. The number of fused-ring (bicyclic) bond motifs is 2. The van der Waals surface area contributed by atoms with E-state index in [1.165, 1.54) is 28.6 Å². The molecule has 8 aromatic rings. The summed E-state index contributed by atoms with van der Waals surface area (Å²) in [6, 6.07) is 21.4. The van der Waals surface area contributed by atoms with Gasteiger partial charge in [0.25, 0.3) is 11.1 Å². The summed E-state index contributed by atoms with van der Waals surface area (Å²) in [7, 11) is 4.68. The first-order valence-corrected chi connectivity index (χ1v) is 24.7. The van der Waals surface area contributed by atoms with Gasteiger partial charge in [0.1, 0.15) is 11.5 Å². The van der Waals surface area contributed by atoms with Crippen molar-refractivity contribution in [3.8, 4) is 33.8 Å². The number of nitrogens with one attached hydrogen (secondary N) is 1. The maximum Gasteiger partial charge on any atom is 0.409 e. The lowest BCUT2D eigenvalue weighted by molar-refractivity contribution is -0.0511. The molecule has 10 rings (SSSR count). The minimum Gasteiger partial charge on any atom is -0.453 e. The molecule has 398 valence electrons. The van der Waals surface area contributed by atoms with E-state index in [1.54, 1.807) is 89.5 Å². The van der Waals surface area contributed by atoms with Gasteiger partial charge < -0.3 is 34.2 Å². The van der Waals surface area contributed by atoms with E-state index in [2.05, 4.69) is 37.1 Å². The van der Waals surface area contributed by atoms with E-state index in [9.17, 15) is 31.9 Å². The van der Waals surface area contributed by atoms with Crippen LogP contribution in [0.4, 0.5) is 34.3 Å². The topological polar surface area (TPSA) is 172 Å². The van der Waals surface area contributed by atoms with Crippen molar-refractivity contribution in [2.24, 2.45) is 14.1 Å². The molecule has 0 bridgehead atoms. The van der Waals surface area contributed by atoms with Crippen LogP contribution in [0.25, 0.3) is 44.1 Å². The number of nitrogens with zero attached hydrogens (tertiary/aromatic N) is 11. The maximum absolute atomic E-state index is 13.0. The van der Waals surface area contributed by atoms with Crippen molar-refractivity contribution in [2.75, 3.05) is 56.2 Å². The lowest BCUT2D eigenvalue weighted by atomic mass is 10.1. The second-order valence-electron chi connectivity index (χ2n) is 19.0. The molecule has 22 heteroatoms. The van der Waals surface area contributed by atoms with Crippen molar-refractivity contribution in [2.45, 2.75) is 66.1 Å². The highest BCUT2D eigenvalue weighted by atomic mass is 19.3. The molecule has 2 aliphatic heterocycles. The Balaban J connectivity index is 0.000000187. The van der Waals surface area contributed by atoms with Crippen LogP contribution in [0.3, 0.4) is 0 Å². The number of anilines is 2. The predicted octanol–water partition coefficient (Wildman–Crippen LogP) is 7.59. The molecular weight excluding hydrogens is 989 g/mol. The first-order chi connectivity index (χ1) is 36.5. The number of hydrogen-bond acceptors (Lipinski definition) is 13. The van der Waals surface area contributed by atoms with Gasteiger partial charge in [-0.1, -0.05) is 47.5 Å². The number of halogens is 4. The van der Waals surface area contributed by atoms with Crippen LogP contribution < -0.4 is 35.7 Å². The molecule has 0 unspecified atom stereocenters. The zero-order valence-corrected chi connectivity index (χ0v) is 43.1. The Morgan fingerprint density at radius 3 is 1.51 bits per heavy atom. The lowest BCUT2D eigenvalue weighted by Crippen LogP contribution is -2.54. The molecule has 0 spiro atoms. The SMILES string of the molecule is COC(=O)N1CCN(c2ncc(-c3ccc4c(=O)n(C)n(Cc5cc(C)ccc5OC(F)F)c4c3)cn2)C[C@H]1C.Cc1ccc(OC(F)F)c(Cn2c3cc(-c4cnc(N5CCN[C@H](C)C5)nc4)ccc3c(=O)n2C)c1. The summed E-state index contributed by atoms with van der Waals surface area (Å²) in [5, 5.41) is 4.45. The number of amides is 1. The van der Waals surface area contributed by atoms with E-state index in [4.69, 9.17) is 14.2 Å². The number of carbonyl (C=O) groups is 1. The average molecular weight is 1050 g/mol. The summed E-state index contributed by atoms with van der Waals surface area (Å²) in [5.41, 5.74) is 7.09. The average Bonchev–Trinajstić information content (AvgIpc) is 3.80. The summed E-state index contributed by atoms with van der Waals surface area (Å²) in [6.07, 6.45) is 6.68. The van der Waals surface area contributed by atoms with Crippen LogP contribution in [0, 0.1) is 13.8 Å². The first kappa shape index (κ1) is 52.6. The van der Waals surface area contributed by atoms with E-state index < -0.39 is 13.2 Å². The summed E-state index contributed by atoms with van der Waals surface area (Å²) < 4.78 is 72.8. The molecule has 1 amide bonds. The molecule has 0 aliphatic carbocycles. The van der Waals surface area contributed by atoms with Crippen LogP contribution in [0.1, 0.15) is 36.1 Å². The molecule has 0 radical (unpaired) electrons. The number of piperazine rings is 2. The number of aromatic nitrogens is 8. The fourth-order valence-corrected chi connectivity index (χ4v) is 9.80. The van der Waals surface area contributed by atoms with Gasteiger partial charge in [0.05, 0.1) is 42.0 Å². The van der Waals surface area contributed by atoms with Gasteiger partial charge in [-0.05, 0) is 75.2 Å². The molecule has 76 heavy (non-hydrogen) atoms. The molecule has 2 saturated heterocycles. The Kier molecular flexibility index (Phi) is 15.4. The van der Waals surface area contributed by atoms with E-state index in [1.807, 2.05) is 49.9 Å². The van der Waals surface area contributed by atoms with Crippen molar-refractivity contribution >= 4 is 39.8 Å². The highest BCUT2D eigenvalue weighted by Gasteiger charge is 2.29. The molecule has 2 fully saturated rings. The van der Waals surface area contributed by atoms with Gasteiger partial charge in [-0.25, -0.2) is 24.7 Å². The maximum atomic E-state index is 13.0. The highest BCUT2D eigenvalue weighted by molar-refractivity contribution is 5.85. The molecule has 6 heterocycles. The second-order valence-corrected chi connectivity index (χ2v) is 19.0. The van der Waals surface area contributed by atoms with Gasteiger partial charge in [0.15, 0.2) is 0 Å². The first-order valence-electron chi connectivity index (χ1n) is 24.7. The zero-order valence-electron chi connectivity index (χ0n) is 43.1. The largest absolute Gasteiger partial charge is 0.453 e. The van der Waals surface area contributed by atoms with Gasteiger partial charge in [0.2, 0.25) is 11.9 Å². The Morgan fingerprint density at radius 2 is 1.09 bits per heavy atom. The second kappa shape index (κ2) is 22.3. The van der Waals surface area contributed by atoms with Crippen LogP contribution in [-0.2, 0) is 31.9 Å². The fraction of sp³-hybridized carbons (Fsp3) is 0.352. The standard InChI is InChI=1S/C28H30F2N6O4.C26H28F2N6O2/c1-17-5-8-24(40-26(29)30)20(11-17)16-36-23-12-19(6-7-22(23)25(37)33(36)3)21-13-31-27(32-14-21)34-9-10-35(18(2)15-34)28(38)39-4;1-16-4-7-23(36-25(27)28)19(10-16)15-34-22-11-18(5-6-21(22)24(35)32(34)3)20-12-30-26(31-13-20)33-9-8-29-17(2)14-33/h5-8,11-14,18,26H,9-10,15-16H2,1-4H3;4-7,10-13,17,25,29H,8-9,14-15H2,1-3H3/t18-;17-/m11/s1. The van der Waals surface area contributed by atoms with E-state index >= 15 is 0 Å². The Bertz CT molecular complexity index is 3510. The molecule has 0 saturated carbocycles. The van der Waals surface area contributed by atoms with E-state index in [0.29, 0.717) is 70.5 Å². The van der Waals surface area contributed by atoms with Crippen molar-refractivity contribution in [3.63, 3.8) is 0 Å². The van der Waals surface area contributed by atoms with Gasteiger partial charge in [-0.2, -0.15) is 17.6 Å². The molecular formula is C54H58F4N12O6. The Morgan fingerprint density at radius 1 is 0.632 bits per heavy atom. The number of alkyl halides is 4. The summed E-state index contributed by atoms with van der Waals surface area (Å²) in [4.78, 5) is 62.0. The normalized spacial score (nSPS) is 15.9. The molecule has 1 N–H and O–H groups in total. The highest BCUT2D eigenvalue weighted by Crippen LogP contribution is 2.30.